The Morgan fingerprint density at radius 1 is 1.29 bits per heavy atom. The Balaban J connectivity index is 1.92. The fourth-order valence-corrected chi connectivity index (χ4v) is 3.50. The summed E-state index contributed by atoms with van der Waals surface area (Å²) in [7, 11) is 0. The second kappa shape index (κ2) is 7.66. The quantitative estimate of drug-likeness (QED) is 0.758. The normalized spacial score (nSPS) is 18.7. The van der Waals surface area contributed by atoms with Crippen LogP contribution in [0.2, 0.25) is 10.0 Å². The van der Waals surface area contributed by atoms with Crippen LogP contribution in [0.1, 0.15) is 33.1 Å². The molecule has 1 heterocycles. The van der Waals surface area contributed by atoms with Crippen LogP contribution in [-0.4, -0.2) is 30.6 Å². The van der Waals surface area contributed by atoms with Crippen LogP contribution in [0.5, 0.6) is 0 Å². The summed E-state index contributed by atoms with van der Waals surface area (Å²) in [6.07, 6.45) is 3.60. The highest BCUT2D eigenvalue weighted by molar-refractivity contribution is 6.35. The van der Waals surface area contributed by atoms with E-state index >= 15 is 0 Å². The first kappa shape index (κ1) is 16.9. The number of anilines is 1. The molecule has 0 saturated carbocycles. The maximum Gasteiger partial charge on any atom is 0.160 e. The summed E-state index contributed by atoms with van der Waals surface area (Å²) in [6, 6.07) is 3.53. The Labute approximate surface area is 136 Å². The molecule has 5 heteroatoms. The van der Waals surface area contributed by atoms with Crippen molar-refractivity contribution in [2.75, 3.05) is 25.0 Å². The third-order valence-electron chi connectivity index (χ3n) is 4.26. The van der Waals surface area contributed by atoms with E-state index in [4.69, 9.17) is 23.2 Å². The molecule has 1 aromatic rings. The predicted octanol–water partition coefficient (Wildman–Crippen LogP) is 5.05. The van der Waals surface area contributed by atoms with Crippen molar-refractivity contribution in [2.45, 2.75) is 39.2 Å². The second-order valence-electron chi connectivity index (χ2n) is 5.87. The van der Waals surface area contributed by atoms with Crippen LogP contribution < -0.4 is 5.32 Å². The van der Waals surface area contributed by atoms with E-state index in [2.05, 4.69) is 24.1 Å². The number of nitrogens with zero attached hydrogens (tertiary/aromatic N) is 1. The van der Waals surface area contributed by atoms with Gasteiger partial charge in [-0.15, -0.1) is 0 Å². The maximum absolute atomic E-state index is 13.4. The summed E-state index contributed by atoms with van der Waals surface area (Å²) in [5.41, 5.74) is 0.787. The highest BCUT2D eigenvalue weighted by Gasteiger charge is 2.23. The van der Waals surface area contributed by atoms with E-state index in [9.17, 15) is 4.39 Å². The number of hydrogen-bond acceptors (Lipinski definition) is 2. The van der Waals surface area contributed by atoms with Gasteiger partial charge in [0.25, 0.3) is 0 Å². The van der Waals surface area contributed by atoms with E-state index in [1.807, 2.05) is 0 Å². The standard InChI is InChI=1S/C16H23Cl2FN2/c1-3-6-21-7-4-12(5-8-21)11(2)20-13-9-14(17)16(19)15(18)10-13/h9-12,20H,3-8H2,1-2H3. The Bertz CT molecular complexity index is 450. The van der Waals surface area contributed by atoms with Crippen molar-refractivity contribution in [2.24, 2.45) is 5.92 Å². The zero-order valence-corrected chi connectivity index (χ0v) is 14.1. The molecule has 1 fully saturated rings. The first-order valence-corrected chi connectivity index (χ1v) is 8.40. The summed E-state index contributed by atoms with van der Waals surface area (Å²) in [5.74, 6) is 0.0742. The summed E-state index contributed by atoms with van der Waals surface area (Å²) in [5, 5.41) is 3.54. The van der Waals surface area contributed by atoms with E-state index in [-0.39, 0.29) is 10.0 Å². The average Bonchev–Trinajstić information content (AvgIpc) is 2.45. The third-order valence-corrected chi connectivity index (χ3v) is 4.81. The van der Waals surface area contributed by atoms with Crippen LogP contribution in [0.15, 0.2) is 12.1 Å². The van der Waals surface area contributed by atoms with Gasteiger partial charge >= 0.3 is 0 Å². The van der Waals surface area contributed by atoms with Crippen LogP contribution >= 0.6 is 23.2 Å². The van der Waals surface area contributed by atoms with Gasteiger partial charge in [-0.25, -0.2) is 4.39 Å². The molecule has 0 radical (unpaired) electrons. The molecule has 1 unspecified atom stereocenters. The van der Waals surface area contributed by atoms with Crippen molar-refractivity contribution in [3.63, 3.8) is 0 Å². The van der Waals surface area contributed by atoms with Gasteiger partial charge in [0.05, 0.1) is 10.0 Å². The molecule has 2 rings (SSSR count). The molecule has 1 N–H and O–H groups in total. The van der Waals surface area contributed by atoms with Crippen LogP contribution in [0.25, 0.3) is 0 Å². The fraction of sp³-hybridized carbons (Fsp3) is 0.625. The lowest BCUT2D eigenvalue weighted by molar-refractivity contribution is 0.176. The number of likely N-dealkylation sites (tertiary alicyclic amines) is 1. The summed E-state index contributed by atoms with van der Waals surface area (Å²) in [6.45, 7) is 7.91. The van der Waals surface area contributed by atoms with Crippen molar-refractivity contribution in [1.29, 1.82) is 0 Å². The molecule has 0 aliphatic carbocycles. The number of halogens is 3. The van der Waals surface area contributed by atoms with Gasteiger partial charge in [0.1, 0.15) is 0 Å². The van der Waals surface area contributed by atoms with Gasteiger partial charge in [0, 0.05) is 11.7 Å². The molecule has 0 aromatic heterocycles. The Morgan fingerprint density at radius 2 is 1.86 bits per heavy atom. The number of rotatable bonds is 5. The smallest absolute Gasteiger partial charge is 0.160 e. The van der Waals surface area contributed by atoms with E-state index < -0.39 is 5.82 Å². The van der Waals surface area contributed by atoms with E-state index in [0.717, 1.165) is 18.8 Å². The van der Waals surface area contributed by atoms with Crippen molar-refractivity contribution < 1.29 is 4.39 Å². The first-order chi connectivity index (χ1) is 10.0. The molecule has 0 bridgehead atoms. The van der Waals surface area contributed by atoms with E-state index in [0.29, 0.717) is 12.0 Å². The van der Waals surface area contributed by atoms with Gasteiger partial charge in [-0.3, -0.25) is 0 Å². The monoisotopic (exact) mass is 332 g/mol. The minimum absolute atomic E-state index is 0.0648. The zero-order chi connectivity index (χ0) is 15.4. The Kier molecular flexibility index (Phi) is 6.15. The third kappa shape index (κ3) is 4.48. The van der Waals surface area contributed by atoms with Crippen molar-refractivity contribution in [3.05, 3.63) is 28.0 Å². The molecule has 0 spiro atoms. The number of nitrogens with one attached hydrogen (secondary N) is 1. The van der Waals surface area contributed by atoms with Crippen molar-refractivity contribution in [1.82, 2.24) is 4.90 Å². The van der Waals surface area contributed by atoms with E-state index in [1.165, 1.54) is 25.8 Å². The molecular weight excluding hydrogens is 310 g/mol. The summed E-state index contributed by atoms with van der Waals surface area (Å²) in [4.78, 5) is 2.52. The fourth-order valence-electron chi connectivity index (χ4n) is 3.01. The lowest BCUT2D eigenvalue weighted by Gasteiger charge is -2.35. The minimum Gasteiger partial charge on any atom is -0.382 e. The van der Waals surface area contributed by atoms with Crippen LogP contribution in [0.4, 0.5) is 10.1 Å². The largest absolute Gasteiger partial charge is 0.382 e. The molecule has 1 aliphatic heterocycles. The Morgan fingerprint density at radius 3 is 2.38 bits per heavy atom. The number of benzene rings is 1. The van der Waals surface area contributed by atoms with Crippen molar-refractivity contribution >= 4 is 28.9 Å². The molecule has 0 amide bonds. The number of hydrogen-bond donors (Lipinski definition) is 1. The minimum atomic E-state index is -0.551. The van der Waals surface area contributed by atoms with Crippen LogP contribution in [0, 0.1) is 11.7 Å². The molecule has 1 atom stereocenters. The SMILES string of the molecule is CCCN1CCC(C(C)Nc2cc(Cl)c(F)c(Cl)c2)CC1. The molecule has 21 heavy (non-hydrogen) atoms. The van der Waals surface area contributed by atoms with Gasteiger partial charge < -0.3 is 10.2 Å². The zero-order valence-electron chi connectivity index (χ0n) is 12.6. The lowest BCUT2D eigenvalue weighted by Crippen LogP contribution is -2.39. The highest BCUT2D eigenvalue weighted by Crippen LogP contribution is 2.29. The molecule has 2 nitrogen and oxygen atoms in total. The van der Waals surface area contributed by atoms with Crippen molar-refractivity contribution in [3.8, 4) is 0 Å². The summed E-state index contributed by atoms with van der Waals surface area (Å²) >= 11 is 11.7. The highest BCUT2D eigenvalue weighted by atomic mass is 35.5. The van der Waals surface area contributed by atoms with Gasteiger partial charge in [-0.1, -0.05) is 30.1 Å². The van der Waals surface area contributed by atoms with Crippen LogP contribution in [0.3, 0.4) is 0 Å². The predicted molar refractivity (Wildman–Crippen MR) is 89.0 cm³/mol. The topological polar surface area (TPSA) is 15.3 Å². The second-order valence-corrected chi connectivity index (χ2v) is 6.68. The maximum atomic E-state index is 13.4. The molecule has 1 aliphatic rings. The van der Waals surface area contributed by atoms with Crippen LogP contribution in [-0.2, 0) is 0 Å². The molecule has 118 valence electrons. The van der Waals surface area contributed by atoms with E-state index in [1.54, 1.807) is 12.1 Å². The molecular formula is C16H23Cl2FN2. The molecule has 1 saturated heterocycles. The molecule has 1 aromatic carbocycles. The Hall–Kier alpha value is -0.510. The number of piperidine rings is 1. The summed E-state index contributed by atoms with van der Waals surface area (Å²) < 4.78 is 13.4. The average molecular weight is 333 g/mol. The van der Waals surface area contributed by atoms with Gasteiger partial charge in [0.2, 0.25) is 0 Å². The van der Waals surface area contributed by atoms with Gasteiger partial charge in [0.15, 0.2) is 5.82 Å². The van der Waals surface area contributed by atoms with Gasteiger partial charge in [-0.05, 0) is 63.9 Å². The first-order valence-electron chi connectivity index (χ1n) is 7.64. The lowest BCUT2D eigenvalue weighted by atomic mass is 9.90. The van der Waals surface area contributed by atoms with Gasteiger partial charge in [-0.2, -0.15) is 0 Å².